The van der Waals surface area contributed by atoms with Crippen LogP contribution < -0.4 is 0 Å². The van der Waals surface area contributed by atoms with Crippen LogP contribution in [0.4, 0.5) is 0 Å². The van der Waals surface area contributed by atoms with Crippen LogP contribution in [0.15, 0.2) is 133 Å². The molecule has 0 spiro atoms. The van der Waals surface area contributed by atoms with Crippen LogP contribution >= 0.6 is 0 Å². The fourth-order valence-corrected chi connectivity index (χ4v) is 7.84. The third-order valence-electron chi connectivity index (χ3n) is 10.4. The van der Waals surface area contributed by atoms with Gasteiger partial charge in [-0.1, -0.05) is 139 Å². The molecule has 6 aromatic rings. The van der Waals surface area contributed by atoms with E-state index in [4.69, 9.17) is 0 Å². The van der Waals surface area contributed by atoms with Crippen molar-refractivity contribution >= 4 is 16.3 Å². The van der Waals surface area contributed by atoms with Gasteiger partial charge in [0.2, 0.25) is 0 Å². The number of benzene rings is 6. The lowest BCUT2D eigenvalue weighted by molar-refractivity contribution is 0.893. The van der Waals surface area contributed by atoms with Gasteiger partial charge in [0.15, 0.2) is 0 Å². The second-order valence-electron chi connectivity index (χ2n) is 13.6. The Morgan fingerprint density at radius 3 is 1.83 bits per heavy atom. The molecule has 0 fully saturated rings. The Morgan fingerprint density at radius 2 is 1.15 bits per heavy atom. The van der Waals surface area contributed by atoms with Gasteiger partial charge >= 0.3 is 0 Å². The Bertz CT molecular complexity index is 2170. The lowest BCUT2D eigenvalue weighted by Crippen LogP contribution is -2.02. The lowest BCUT2D eigenvalue weighted by atomic mass is 9.87. The first-order chi connectivity index (χ1) is 23.5. The predicted molar refractivity (Wildman–Crippen MR) is 208 cm³/mol. The zero-order valence-corrected chi connectivity index (χ0v) is 28.9. The number of allylic oxidation sites excluding steroid dienone is 4. The number of fused-ring (bicyclic) bond motifs is 3. The highest BCUT2D eigenvalue weighted by molar-refractivity contribution is 6.18. The van der Waals surface area contributed by atoms with Crippen molar-refractivity contribution in [3.63, 3.8) is 0 Å². The molecule has 0 heteroatoms. The van der Waals surface area contributed by atoms with Gasteiger partial charge in [0.1, 0.15) is 0 Å². The molecule has 0 aliphatic heterocycles. The minimum atomic E-state index is 1.03. The van der Waals surface area contributed by atoms with Crippen LogP contribution in [0.1, 0.15) is 63.9 Å². The van der Waals surface area contributed by atoms with Gasteiger partial charge in [-0.15, -0.1) is 0 Å². The van der Waals surface area contributed by atoms with Crippen molar-refractivity contribution in [3.8, 4) is 22.3 Å². The van der Waals surface area contributed by atoms with Crippen molar-refractivity contribution in [1.29, 1.82) is 0 Å². The van der Waals surface area contributed by atoms with E-state index in [1.165, 1.54) is 88.7 Å². The Labute approximate surface area is 287 Å². The number of hydrogen-bond acceptors (Lipinski definition) is 0. The summed E-state index contributed by atoms with van der Waals surface area (Å²) in [6.07, 6.45) is 12.8. The van der Waals surface area contributed by atoms with Gasteiger partial charge in [-0.25, -0.2) is 0 Å². The van der Waals surface area contributed by atoms with Crippen molar-refractivity contribution < 1.29 is 0 Å². The van der Waals surface area contributed by atoms with E-state index in [2.05, 4.69) is 161 Å². The maximum absolute atomic E-state index is 2.45. The summed E-state index contributed by atoms with van der Waals surface area (Å²) in [5.41, 5.74) is 19.8. The molecule has 0 unspecified atom stereocenters. The first-order valence-electron chi connectivity index (χ1n) is 17.7. The van der Waals surface area contributed by atoms with Gasteiger partial charge in [0, 0.05) is 0 Å². The molecule has 7 rings (SSSR count). The minimum absolute atomic E-state index is 1.03. The molecule has 0 bridgehead atoms. The van der Waals surface area contributed by atoms with Crippen molar-refractivity contribution in [1.82, 2.24) is 0 Å². The molecule has 0 N–H and O–H groups in total. The second kappa shape index (κ2) is 14.0. The van der Waals surface area contributed by atoms with Crippen molar-refractivity contribution in [2.24, 2.45) is 0 Å². The largest absolute Gasteiger partial charge is 0.0877 e. The van der Waals surface area contributed by atoms with Gasteiger partial charge in [0.05, 0.1) is 0 Å². The second-order valence-corrected chi connectivity index (χ2v) is 13.6. The number of rotatable bonds is 11. The summed E-state index contributed by atoms with van der Waals surface area (Å²) in [6.45, 7) is 8.74. The summed E-state index contributed by atoms with van der Waals surface area (Å²) >= 11 is 0. The lowest BCUT2D eigenvalue weighted by Gasteiger charge is -2.17. The van der Waals surface area contributed by atoms with E-state index < -0.39 is 0 Å². The van der Waals surface area contributed by atoms with E-state index in [1.54, 1.807) is 0 Å². The van der Waals surface area contributed by atoms with Crippen LogP contribution in [0.25, 0.3) is 38.6 Å². The number of aryl methyl sites for hydroxylation is 8. The molecule has 0 saturated carbocycles. The molecule has 0 radical (unpaired) electrons. The Hall–Kier alpha value is -4.94. The third kappa shape index (κ3) is 6.33. The summed E-state index contributed by atoms with van der Waals surface area (Å²) in [4.78, 5) is 0. The summed E-state index contributed by atoms with van der Waals surface area (Å²) in [5, 5.41) is 2.78. The maximum atomic E-state index is 2.45. The Kier molecular flexibility index (Phi) is 9.26. The van der Waals surface area contributed by atoms with Crippen LogP contribution in [0.2, 0.25) is 0 Å². The zero-order chi connectivity index (χ0) is 33.0. The van der Waals surface area contributed by atoms with E-state index in [-0.39, 0.29) is 0 Å². The van der Waals surface area contributed by atoms with Gasteiger partial charge in [-0.2, -0.15) is 0 Å². The van der Waals surface area contributed by atoms with Crippen LogP contribution in [-0.2, 0) is 38.5 Å². The molecule has 6 aromatic carbocycles. The van der Waals surface area contributed by atoms with Gasteiger partial charge in [-0.3, -0.25) is 0 Å². The predicted octanol–water partition coefficient (Wildman–Crippen LogP) is 12.4. The molecular weight excluding hydrogens is 577 g/mol. The third-order valence-corrected chi connectivity index (χ3v) is 10.4. The van der Waals surface area contributed by atoms with E-state index in [0.717, 1.165) is 38.5 Å². The molecule has 0 heterocycles. The average molecular weight is 623 g/mol. The summed E-state index contributed by atoms with van der Waals surface area (Å²) < 4.78 is 0. The molecule has 48 heavy (non-hydrogen) atoms. The normalized spacial score (nSPS) is 12.3. The molecule has 1 aliphatic carbocycles. The van der Waals surface area contributed by atoms with Crippen molar-refractivity contribution in [3.05, 3.63) is 184 Å². The van der Waals surface area contributed by atoms with Gasteiger partial charge in [0.25, 0.3) is 0 Å². The quantitative estimate of drug-likeness (QED) is 0.126. The standard InChI is InChI=1S/C48H46/c1-5-6-14-35(4)42-30-31-45-47-41(27-25-39-19-10-9-18-38(39)23-22-36-16-11-13-33(2)32-36)29-28-40(26-24-37-17-8-7-15-34(37)3)46(47)44-21-12-20-43(42)48(44)45/h5-21,28-32H,22-27H2,1-4H3. The summed E-state index contributed by atoms with van der Waals surface area (Å²) in [6, 6.07) is 43.6. The van der Waals surface area contributed by atoms with Gasteiger partial charge < -0.3 is 0 Å². The molecule has 0 aromatic heterocycles. The van der Waals surface area contributed by atoms with Crippen LogP contribution in [0, 0.1) is 13.8 Å². The molecule has 0 saturated heterocycles. The fraction of sp³-hybridized carbons (Fsp3) is 0.208. The fourth-order valence-electron chi connectivity index (χ4n) is 7.84. The van der Waals surface area contributed by atoms with Crippen molar-refractivity contribution in [2.45, 2.75) is 66.2 Å². The highest BCUT2D eigenvalue weighted by Gasteiger charge is 2.27. The number of hydrogen-bond donors (Lipinski definition) is 0. The molecule has 0 atom stereocenters. The highest BCUT2D eigenvalue weighted by Crippen LogP contribution is 2.52. The van der Waals surface area contributed by atoms with Gasteiger partial charge in [-0.05, 0) is 149 Å². The first-order valence-corrected chi connectivity index (χ1v) is 17.7. The average Bonchev–Trinajstić information content (AvgIpc) is 3.45. The Balaban J connectivity index is 1.27. The minimum Gasteiger partial charge on any atom is -0.0877 e. The highest BCUT2D eigenvalue weighted by atomic mass is 14.3. The molecule has 0 nitrogen and oxygen atoms in total. The van der Waals surface area contributed by atoms with E-state index in [0.29, 0.717) is 0 Å². The SMILES string of the molecule is CC=CC=C(C)c1ccc2c3c(cccc13)-c1c(CCc3ccccc3C)ccc(CCc3ccccc3CCc3cccc(C)c3)c1-2. The topological polar surface area (TPSA) is 0 Å². The van der Waals surface area contributed by atoms with E-state index in [9.17, 15) is 0 Å². The smallest absolute Gasteiger partial charge is 0.00201 e. The Morgan fingerprint density at radius 1 is 0.542 bits per heavy atom. The van der Waals surface area contributed by atoms with Crippen LogP contribution in [0.5, 0.6) is 0 Å². The first kappa shape index (κ1) is 31.6. The molecule has 1 aliphatic rings. The molecular formula is C48H46. The van der Waals surface area contributed by atoms with Crippen molar-refractivity contribution in [2.75, 3.05) is 0 Å². The maximum Gasteiger partial charge on any atom is -0.00201 e. The van der Waals surface area contributed by atoms with Crippen LogP contribution in [-0.4, -0.2) is 0 Å². The molecule has 238 valence electrons. The van der Waals surface area contributed by atoms with E-state index in [1.807, 2.05) is 0 Å². The monoisotopic (exact) mass is 622 g/mol. The zero-order valence-electron chi connectivity index (χ0n) is 28.9. The van der Waals surface area contributed by atoms with Crippen LogP contribution in [0.3, 0.4) is 0 Å². The molecule has 0 amide bonds. The van der Waals surface area contributed by atoms with E-state index >= 15 is 0 Å². The summed E-state index contributed by atoms with van der Waals surface area (Å²) in [7, 11) is 0. The summed E-state index contributed by atoms with van der Waals surface area (Å²) in [5.74, 6) is 0.